The van der Waals surface area contributed by atoms with E-state index in [-0.39, 0.29) is 0 Å². The number of ether oxygens (including phenoxy) is 1. The van der Waals surface area contributed by atoms with Crippen molar-refractivity contribution in [2.45, 2.75) is 52.1 Å². The van der Waals surface area contributed by atoms with Gasteiger partial charge in [-0.3, -0.25) is 4.90 Å². The summed E-state index contributed by atoms with van der Waals surface area (Å²) in [6.07, 6.45) is 3.93. The fourth-order valence-electron chi connectivity index (χ4n) is 3.91. The third kappa shape index (κ3) is 4.92. The van der Waals surface area contributed by atoms with Crippen molar-refractivity contribution >= 4 is 0 Å². The molecular weight excluding hydrogens is 262 g/mol. The van der Waals surface area contributed by atoms with Gasteiger partial charge in [0.15, 0.2) is 0 Å². The van der Waals surface area contributed by atoms with Crippen molar-refractivity contribution in [3.8, 4) is 0 Å². The summed E-state index contributed by atoms with van der Waals surface area (Å²) in [7, 11) is 2.29. The highest BCUT2D eigenvalue weighted by molar-refractivity contribution is 4.90. The lowest BCUT2D eigenvalue weighted by molar-refractivity contribution is 0.104. The average molecular weight is 297 g/mol. The molecule has 4 heteroatoms. The third-order valence-electron chi connectivity index (χ3n) is 5.10. The Labute approximate surface area is 131 Å². The first kappa shape index (κ1) is 17.2. The van der Waals surface area contributed by atoms with Gasteiger partial charge in [-0.1, -0.05) is 20.8 Å². The lowest BCUT2D eigenvalue weighted by Crippen LogP contribution is -2.48. The molecule has 0 saturated carbocycles. The van der Waals surface area contributed by atoms with Gasteiger partial charge in [-0.15, -0.1) is 0 Å². The van der Waals surface area contributed by atoms with Gasteiger partial charge >= 0.3 is 0 Å². The number of hydrogen-bond donors (Lipinski definition) is 1. The van der Waals surface area contributed by atoms with E-state index in [0.717, 1.165) is 32.3 Å². The highest BCUT2D eigenvalue weighted by Crippen LogP contribution is 2.29. The molecule has 2 atom stereocenters. The Hall–Kier alpha value is -0.160. The maximum Gasteiger partial charge on any atom is 0.0547 e. The number of rotatable bonds is 8. The summed E-state index contributed by atoms with van der Waals surface area (Å²) >= 11 is 0. The molecule has 0 spiro atoms. The summed E-state index contributed by atoms with van der Waals surface area (Å²) in [5.74, 6) is 0. The highest BCUT2D eigenvalue weighted by Gasteiger charge is 2.36. The van der Waals surface area contributed by atoms with E-state index in [1.165, 1.54) is 38.9 Å². The molecule has 21 heavy (non-hydrogen) atoms. The lowest BCUT2D eigenvalue weighted by Gasteiger charge is -2.35. The van der Waals surface area contributed by atoms with Crippen LogP contribution in [0, 0.1) is 5.41 Å². The van der Waals surface area contributed by atoms with Crippen LogP contribution in [-0.2, 0) is 4.74 Å². The molecule has 0 aromatic heterocycles. The Morgan fingerprint density at radius 2 is 2.24 bits per heavy atom. The van der Waals surface area contributed by atoms with Gasteiger partial charge < -0.3 is 15.0 Å². The second-order valence-electron chi connectivity index (χ2n) is 7.46. The molecular formula is C17H35N3O. The minimum absolute atomic E-state index is 0.314. The molecule has 2 rings (SSSR count). The molecule has 1 N–H and O–H groups in total. The first-order chi connectivity index (χ1) is 10.0. The van der Waals surface area contributed by atoms with E-state index in [9.17, 15) is 0 Å². The first-order valence-corrected chi connectivity index (χ1v) is 8.78. The molecule has 124 valence electrons. The first-order valence-electron chi connectivity index (χ1n) is 8.78. The highest BCUT2D eigenvalue weighted by atomic mass is 16.5. The van der Waals surface area contributed by atoms with Crippen molar-refractivity contribution in [3.05, 3.63) is 0 Å². The lowest BCUT2D eigenvalue weighted by atomic mass is 9.86. The van der Waals surface area contributed by atoms with Crippen molar-refractivity contribution < 1.29 is 4.74 Å². The summed E-state index contributed by atoms with van der Waals surface area (Å²) in [5, 5.41) is 3.63. The van der Waals surface area contributed by atoms with E-state index in [2.05, 4.69) is 42.9 Å². The summed E-state index contributed by atoms with van der Waals surface area (Å²) in [5.41, 5.74) is 0.314. The van der Waals surface area contributed by atoms with Gasteiger partial charge in [0.05, 0.1) is 6.61 Å². The van der Waals surface area contributed by atoms with Crippen LogP contribution in [0.15, 0.2) is 0 Å². The van der Waals surface area contributed by atoms with Gasteiger partial charge in [0.25, 0.3) is 0 Å². The van der Waals surface area contributed by atoms with Crippen LogP contribution in [0.4, 0.5) is 0 Å². The minimum Gasteiger partial charge on any atom is -0.381 e. The van der Waals surface area contributed by atoms with E-state index in [1.54, 1.807) is 0 Å². The second-order valence-corrected chi connectivity index (χ2v) is 7.46. The van der Waals surface area contributed by atoms with Crippen molar-refractivity contribution in [2.75, 3.05) is 53.0 Å². The van der Waals surface area contributed by atoms with Crippen LogP contribution in [0.3, 0.4) is 0 Å². The third-order valence-corrected chi connectivity index (χ3v) is 5.10. The van der Waals surface area contributed by atoms with E-state index < -0.39 is 0 Å². The maximum atomic E-state index is 5.73. The molecule has 4 nitrogen and oxygen atoms in total. The molecule has 0 radical (unpaired) electrons. The predicted octanol–water partition coefficient (Wildman–Crippen LogP) is 1.81. The van der Waals surface area contributed by atoms with E-state index in [1.807, 2.05) is 0 Å². The van der Waals surface area contributed by atoms with Crippen molar-refractivity contribution in [2.24, 2.45) is 5.41 Å². The van der Waals surface area contributed by atoms with Crippen molar-refractivity contribution in [1.82, 2.24) is 15.1 Å². The molecule has 2 fully saturated rings. The molecule has 2 aliphatic heterocycles. The molecule has 0 aromatic rings. The average Bonchev–Trinajstić information content (AvgIpc) is 3.06. The van der Waals surface area contributed by atoms with Crippen LogP contribution in [0.25, 0.3) is 0 Å². The molecule has 2 saturated heterocycles. The minimum atomic E-state index is 0.314. The van der Waals surface area contributed by atoms with Crippen molar-refractivity contribution in [1.29, 1.82) is 0 Å². The van der Waals surface area contributed by atoms with Crippen LogP contribution in [0.5, 0.6) is 0 Å². The zero-order chi connectivity index (χ0) is 15.3. The quantitative estimate of drug-likeness (QED) is 0.739. The van der Waals surface area contributed by atoms with Gasteiger partial charge in [-0.2, -0.15) is 0 Å². The summed E-state index contributed by atoms with van der Waals surface area (Å²) in [4.78, 5) is 5.19. The largest absolute Gasteiger partial charge is 0.381 e. The predicted molar refractivity (Wildman–Crippen MR) is 88.8 cm³/mol. The van der Waals surface area contributed by atoms with Crippen LogP contribution < -0.4 is 5.32 Å². The fourth-order valence-corrected chi connectivity index (χ4v) is 3.91. The van der Waals surface area contributed by atoms with Crippen LogP contribution in [0.1, 0.15) is 40.0 Å². The summed E-state index contributed by atoms with van der Waals surface area (Å²) in [6.45, 7) is 14.5. The maximum absolute atomic E-state index is 5.73. The topological polar surface area (TPSA) is 27.7 Å². The molecule has 0 bridgehead atoms. The normalized spacial score (nSPS) is 30.9. The number of nitrogens with zero attached hydrogens (tertiary/aromatic N) is 2. The zero-order valence-electron chi connectivity index (χ0n) is 14.5. The molecule has 2 aliphatic rings. The van der Waals surface area contributed by atoms with Crippen LogP contribution in [0.2, 0.25) is 0 Å². The summed E-state index contributed by atoms with van der Waals surface area (Å²) in [6, 6.07) is 1.32. The van der Waals surface area contributed by atoms with Crippen molar-refractivity contribution in [3.63, 3.8) is 0 Å². The van der Waals surface area contributed by atoms with Gasteiger partial charge in [-0.25, -0.2) is 0 Å². The van der Waals surface area contributed by atoms with E-state index >= 15 is 0 Å². The molecule has 2 unspecified atom stereocenters. The van der Waals surface area contributed by atoms with Crippen LogP contribution in [-0.4, -0.2) is 74.9 Å². The van der Waals surface area contributed by atoms with Gasteiger partial charge in [-0.05, 0) is 39.4 Å². The van der Waals surface area contributed by atoms with Crippen LogP contribution >= 0.6 is 0 Å². The Morgan fingerprint density at radius 1 is 1.43 bits per heavy atom. The number of likely N-dealkylation sites (N-methyl/N-ethyl adjacent to an activating group) is 2. The zero-order valence-corrected chi connectivity index (χ0v) is 14.5. The van der Waals surface area contributed by atoms with Gasteiger partial charge in [0.1, 0.15) is 0 Å². The Bertz CT molecular complexity index is 302. The second kappa shape index (κ2) is 7.91. The van der Waals surface area contributed by atoms with Gasteiger partial charge in [0.2, 0.25) is 0 Å². The molecule has 0 amide bonds. The van der Waals surface area contributed by atoms with E-state index in [0.29, 0.717) is 11.5 Å². The smallest absolute Gasteiger partial charge is 0.0547 e. The summed E-state index contributed by atoms with van der Waals surface area (Å²) < 4.78 is 5.73. The Balaban J connectivity index is 1.84. The number of nitrogens with one attached hydrogen (secondary N) is 1. The number of hydrogen-bond acceptors (Lipinski definition) is 4. The molecule has 0 aliphatic carbocycles. The fraction of sp³-hybridized carbons (Fsp3) is 1.00. The Morgan fingerprint density at radius 3 is 2.86 bits per heavy atom. The molecule has 2 heterocycles. The molecule has 0 aromatic carbocycles. The standard InChI is InChI=1S/C17H35N3O/c1-5-20-9-6-7-16(20)11-19(4)13-17(8-10-21-14-17)12-18-15(2)3/h15-16,18H,5-14H2,1-4H3. The van der Waals surface area contributed by atoms with Gasteiger partial charge in [0, 0.05) is 43.7 Å². The number of likely N-dealkylation sites (tertiary alicyclic amines) is 1. The Kier molecular flexibility index (Phi) is 6.48. The monoisotopic (exact) mass is 297 g/mol. The SMILES string of the molecule is CCN1CCCC1CN(C)CC1(CNC(C)C)CCOC1. The van der Waals surface area contributed by atoms with E-state index in [4.69, 9.17) is 4.74 Å².